The first kappa shape index (κ1) is 16.4. The summed E-state index contributed by atoms with van der Waals surface area (Å²) >= 11 is 0. The fourth-order valence-corrected chi connectivity index (χ4v) is 3.26. The molecule has 0 bridgehead atoms. The molecule has 7 heteroatoms. The Bertz CT molecular complexity index is 703. The highest BCUT2D eigenvalue weighted by molar-refractivity contribution is 5.75. The Kier molecular flexibility index (Phi) is 4.78. The summed E-state index contributed by atoms with van der Waals surface area (Å²) < 4.78 is 15.7. The standard InChI is InChI=1S/C17H22FN5O/c1-11-6-7-13-14(4-3-5-15(13)18)16(11)22-17(24)21-12(2)8-23-10-19-9-20-23/h3-5,9-12,16H,6-8H2,1-2H3,(H2,21,22,24)/t11-,12-,16+/m1/s1. The first-order valence-electron chi connectivity index (χ1n) is 8.21. The fourth-order valence-electron chi connectivity index (χ4n) is 3.26. The number of aromatic nitrogens is 3. The molecule has 0 radical (unpaired) electrons. The first-order valence-corrected chi connectivity index (χ1v) is 8.21. The number of amides is 2. The smallest absolute Gasteiger partial charge is 0.315 e. The van der Waals surface area contributed by atoms with Crippen molar-refractivity contribution in [3.05, 3.63) is 47.8 Å². The van der Waals surface area contributed by atoms with E-state index in [4.69, 9.17) is 0 Å². The predicted octanol–water partition coefficient (Wildman–Crippen LogP) is 2.43. The molecule has 0 fully saturated rings. The molecule has 6 nitrogen and oxygen atoms in total. The molecule has 128 valence electrons. The van der Waals surface area contributed by atoms with Crippen LogP contribution in [0.25, 0.3) is 0 Å². The van der Waals surface area contributed by atoms with E-state index in [-0.39, 0.29) is 29.8 Å². The van der Waals surface area contributed by atoms with Crippen LogP contribution < -0.4 is 10.6 Å². The molecular formula is C17H22FN5O. The Balaban J connectivity index is 1.65. The number of urea groups is 1. The third kappa shape index (κ3) is 3.55. The summed E-state index contributed by atoms with van der Waals surface area (Å²) in [4.78, 5) is 16.2. The highest BCUT2D eigenvalue weighted by atomic mass is 19.1. The molecule has 24 heavy (non-hydrogen) atoms. The minimum atomic E-state index is -0.253. The minimum Gasteiger partial charge on any atom is -0.334 e. The molecule has 1 aliphatic carbocycles. The van der Waals surface area contributed by atoms with Crippen LogP contribution in [0.15, 0.2) is 30.9 Å². The Morgan fingerprint density at radius 1 is 1.50 bits per heavy atom. The average Bonchev–Trinajstić information content (AvgIpc) is 3.03. The number of fused-ring (bicyclic) bond motifs is 1. The van der Waals surface area contributed by atoms with Crippen LogP contribution in [-0.2, 0) is 13.0 Å². The summed E-state index contributed by atoms with van der Waals surface area (Å²) in [7, 11) is 0. The molecule has 1 aliphatic rings. The van der Waals surface area contributed by atoms with E-state index in [0.29, 0.717) is 13.0 Å². The van der Waals surface area contributed by atoms with Gasteiger partial charge in [0, 0.05) is 6.04 Å². The number of hydrogen-bond acceptors (Lipinski definition) is 3. The number of nitrogens with zero attached hydrogens (tertiary/aromatic N) is 3. The lowest BCUT2D eigenvalue weighted by Gasteiger charge is -2.32. The number of carbonyl (C=O) groups excluding carboxylic acids is 1. The number of carbonyl (C=O) groups is 1. The van der Waals surface area contributed by atoms with Gasteiger partial charge >= 0.3 is 6.03 Å². The van der Waals surface area contributed by atoms with E-state index in [9.17, 15) is 9.18 Å². The van der Waals surface area contributed by atoms with Crippen LogP contribution in [0.4, 0.5) is 9.18 Å². The molecular weight excluding hydrogens is 309 g/mol. The van der Waals surface area contributed by atoms with E-state index >= 15 is 0 Å². The normalized spacial score (nSPS) is 21.0. The van der Waals surface area contributed by atoms with Crippen molar-refractivity contribution < 1.29 is 9.18 Å². The molecule has 1 aromatic carbocycles. The lowest BCUT2D eigenvalue weighted by molar-refractivity contribution is 0.224. The average molecular weight is 331 g/mol. The van der Waals surface area contributed by atoms with Crippen molar-refractivity contribution in [2.45, 2.75) is 45.3 Å². The van der Waals surface area contributed by atoms with E-state index in [1.165, 1.54) is 12.4 Å². The minimum absolute atomic E-state index is 0.0995. The van der Waals surface area contributed by atoms with Gasteiger partial charge in [0.15, 0.2) is 0 Å². The van der Waals surface area contributed by atoms with Gasteiger partial charge in [-0.1, -0.05) is 19.1 Å². The third-order valence-corrected chi connectivity index (χ3v) is 4.50. The van der Waals surface area contributed by atoms with Crippen LogP contribution in [0, 0.1) is 11.7 Å². The van der Waals surface area contributed by atoms with Crippen molar-refractivity contribution in [3.8, 4) is 0 Å². The van der Waals surface area contributed by atoms with Gasteiger partial charge in [0.1, 0.15) is 18.5 Å². The van der Waals surface area contributed by atoms with E-state index < -0.39 is 0 Å². The molecule has 0 unspecified atom stereocenters. The van der Waals surface area contributed by atoms with Crippen LogP contribution >= 0.6 is 0 Å². The Morgan fingerprint density at radius 3 is 3.08 bits per heavy atom. The van der Waals surface area contributed by atoms with Crippen LogP contribution in [0.2, 0.25) is 0 Å². The molecule has 0 aliphatic heterocycles. The zero-order chi connectivity index (χ0) is 17.1. The number of rotatable bonds is 4. The fraction of sp³-hybridized carbons (Fsp3) is 0.471. The van der Waals surface area contributed by atoms with Crippen molar-refractivity contribution in [1.29, 1.82) is 0 Å². The summed E-state index contributed by atoms with van der Waals surface area (Å²) in [6.45, 7) is 4.52. The molecule has 2 amide bonds. The monoisotopic (exact) mass is 331 g/mol. The molecule has 0 saturated heterocycles. The molecule has 0 spiro atoms. The van der Waals surface area contributed by atoms with Gasteiger partial charge in [-0.2, -0.15) is 5.10 Å². The van der Waals surface area contributed by atoms with Crippen LogP contribution in [-0.4, -0.2) is 26.8 Å². The van der Waals surface area contributed by atoms with Crippen LogP contribution in [0.5, 0.6) is 0 Å². The van der Waals surface area contributed by atoms with Crippen molar-refractivity contribution in [2.75, 3.05) is 0 Å². The Hall–Kier alpha value is -2.44. The largest absolute Gasteiger partial charge is 0.334 e. The second kappa shape index (κ2) is 6.98. The van der Waals surface area contributed by atoms with Gasteiger partial charge in [0.05, 0.1) is 12.6 Å². The highest BCUT2D eigenvalue weighted by Gasteiger charge is 2.29. The second-order valence-corrected chi connectivity index (χ2v) is 6.44. The molecule has 2 aromatic rings. The van der Waals surface area contributed by atoms with Gasteiger partial charge in [-0.05, 0) is 42.9 Å². The quantitative estimate of drug-likeness (QED) is 0.904. The molecule has 1 heterocycles. The van der Waals surface area contributed by atoms with Crippen molar-refractivity contribution in [2.24, 2.45) is 5.92 Å². The van der Waals surface area contributed by atoms with Crippen molar-refractivity contribution >= 4 is 6.03 Å². The van der Waals surface area contributed by atoms with E-state index in [1.807, 2.05) is 13.0 Å². The Labute approximate surface area is 140 Å². The predicted molar refractivity (Wildman–Crippen MR) is 87.8 cm³/mol. The molecule has 3 atom stereocenters. The van der Waals surface area contributed by atoms with Gasteiger partial charge in [-0.3, -0.25) is 4.68 Å². The SMILES string of the molecule is C[C@H](Cn1cncn1)NC(=O)N[C@@H]1c2cccc(F)c2CC[C@H]1C. The van der Waals surface area contributed by atoms with Crippen LogP contribution in [0.1, 0.15) is 37.4 Å². The summed E-state index contributed by atoms with van der Waals surface area (Å²) in [5.74, 6) is 0.0711. The maximum Gasteiger partial charge on any atom is 0.315 e. The van der Waals surface area contributed by atoms with Crippen LogP contribution in [0.3, 0.4) is 0 Å². The van der Waals surface area contributed by atoms with Gasteiger partial charge < -0.3 is 10.6 Å². The molecule has 1 aromatic heterocycles. The topological polar surface area (TPSA) is 71.8 Å². The Morgan fingerprint density at radius 2 is 2.33 bits per heavy atom. The number of nitrogens with one attached hydrogen (secondary N) is 2. The molecule has 3 rings (SSSR count). The number of benzene rings is 1. The summed E-state index contributed by atoms with van der Waals surface area (Å²) in [5.41, 5.74) is 1.60. The van der Waals surface area contributed by atoms with E-state index in [1.54, 1.807) is 17.1 Å². The maximum atomic E-state index is 14.0. The highest BCUT2D eigenvalue weighted by Crippen LogP contribution is 2.35. The summed E-state index contributed by atoms with van der Waals surface area (Å²) in [6.07, 6.45) is 4.64. The summed E-state index contributed by atoms with van der Waals surface area (Å²) in [6, 6.07) is 4.55. The number of halogens is 1. The zero-order valence-electron chi connectivity index (χ0n) is 13.9. The van der Waals surface area contributed by atoms with Gasteiger partial charge in [-0.15, -0.1) is 0 Å². The third-order valence-electron chi connectivity index (χ3n) is 4.50. The van der Waals surface area contributed by atoms with E-state index in [2.05, 4.69) is 27.6 Å². The summed E-state index contributed by atoms with van der Waals surface area (Å²) in [5, 5.41) is 9.92. The molecule has 0 saturated carbocycles. The van der Waals surface area contributed by atoms with Gasteiger partial charge in [0.2, 0.25) is 0 Å². The second-order valence-electron chi connectivity index (χ2n) is 6.44. The number of hydrogen-bond donors (Lipinski definition) is 2. The van der Waals surface area contributed by atoms with Crippen molar-refractivity contribution in [3.63, 3.8) is 0 Å². The van der Waals surface area contributed by atoms with Gasteiger partial charge in [0.25, 0.3) is 0 Å². The van der Waals surface area contributed by atoms with E-state index in [0.717, 1.165) is 17.5 Å². The first-order chi connectivity index (χ1) is 11.5. The van der Waals surface area contributed by atoms with Crippen molar-refractivity contribution in [1.82, 2.24) is 25.4 Å². The lowest BCUT2D eigenvalue weighted by Crippen LogP contribution is -2.46. The lowest BCUT2D eigenvalue weighted by atomic mass is 9.80. The molecule has 2 N–H and O–H groups in total. The zero-order valence-corrected chi connectivity index (χ0v) is 13.9. The van der Waals surface area contributed by atoms with Gasteiger partial charge in [-0.25, -0.2) is 14.2 Å². The maximum absolute atomic E-state index is 14.0.